The van der Waals surface area contributed by atoms with Crippen molar-refractivity contribution in [2.45, 2.75) is 25.7 Å². The average Bonchev–Trinajstić information content (AvgIpc) is 2.58. The number of urea groups is 1. The number of likely N-dealkylation sites (tertiary alicyclic amines) is 1. The van der Waals surface area contributed by atoms with Gasteiger partial charge >= 0.3 is 6.03 Å². The van der Waals surface area contributed by atoms with E-state index in [9.17, 15) is 9.18 Å². The quantitative estimate of drug-likeness (QED) is 0.912. The normalized spacial score (nSPS) is 15.5. The number of halogens is 1. The van der Waals surface area contributed by atoms with Crippen molar-refractivity contribution in [3.05, 3.63) is 59.5 Å². The highest BCUT2D eigenvalue weighted by atomic mass is 19.1. The molecule has 1 saturated heterocycles. The maximum Gasteiger partial charge on any atom is 0.323 e. The third-order valence-corrected chi connectivity index (χ3v) is 4.27. The number of aryl methyl sites for hydroxylation is 1. The molecule has 2 amide bonds. The summed E-state index contributed by atoms with van der Waals surface area (Å²) >= 11 is 0. The number of carbonyl (C=O) groups is 1. The SMILES string of the molecule is Cc1ccc(NC(=O)N2CCC(c3ccc(F)cc3)CC2)nc1. The smallest absolute Gasteiger partial charge is 0.323 e. The Balaban J connectivity index is 1.54. The number of anilines is 1. The Labute approximate surface area is 135 Å². The summed E-state index contributed by atoms with van der Waals surface area (Å²) in [6.07, 6.45) is 3.51. The van der Waals surface area contributed by atoms with Crippen LogP contribution in [0.3, 0.4) is 0 Å². The van der Waals surface area contributed by atoms with Crippen molar-refractivity contribution in [1.29, 1.82) is 0 Å². The van der Waals surface area contributed by atoms with Crippen LogP contribution in [-0.2, 0) is 0 Å². The van der Waals surface area contributed by atoms with Crippen LogP contribution in [0, 0.1) is 12.7 Å². The van der Waals surface area contributed by atoms with Crippen LogP contribution < -0.4 is 5.32 Å². The Morgan fingerprint density at radius 3 is 2.48 bits per heavy atom. The summed E-state index contributed by atoms with van der Waals surface area (Å²) in [5, 5.41) is 2.83. The third kappa shape index (κ3) is 3.86. The van der Waals surface area contributed by atoms with Crippen LogP contribution in [0.2, 0.25) is 0 Å². The first-order valence-corrected chi connectivity index (χ1v) is 7.86. The fourth-order valence-electron chi connectivity index (χ4n) is 2.88. The standard InChI is InChI=1S/C18H20FN3O/c1-13-2-7-17(20-12-13)21-18(23)22-10-8-15(9-11-22)14-3-5-16(19)6-4-14/h2-7,12,15H,8-11H2,1H3,(H,20,21,23). The molecule has 0 bridgehead atoms. The van der Waals surface area contributed by atoms with E-state index in [0.717, 1.165) is 24.0 Å². The highest BCUT2D eigenvalue weighted by Gasteiger charge is 2.24. The number of rotatable bonds is 2. The molecule has 0 spiro atoms. The van der Waals surface area contributed by atoms with Crippen LogP contribution in [-0.4, -0.2) is 29.0 Å². The monoisotopic (exact) mass is 313 g/mol. The Hall–Kier alpha value is -2.43. The second-order valence-corrected chi connectivity index (χ2v) is 5.96. The number of pyridine rings is 1. The second kappa shape index (κ2) is 6.77. The van der Waals surface area contributed by atoms with E-state index in [1.54, 1.807) is 12.3 Å². The molecule has 3 rings (SSSR count). The fraction of sp³-hybridized carbons (Fsp3) is 0.333. The molecule has 1 aliphatic rings. The summed E-state index contributed by atoms with van der Waals surface area (Å²) in [4.78, 5) is 18.3. The lowest BCUT2D eigenvalue weighted by molar-refractivity contribution is 0.194. The summed E-state index contributed by atoms with van der Waals surface area (Å²) in [7, 11) is 0. The van der Waals surface area contributed by atoms with Crippen LogP contribution in [0.25, 0.3) is 0 Å². The van der Waals surface area contributed by atoms with Gasteiger partial charge in [-0.25, -0.2) is 14.2 Å². The maximum atomic E-state index is 13.0. The number of carbonyl (C=O) groups excluding carboxylic acids is 1. The van der Waals surface area contributed by atoms with Crippen molar-refractivity contribution in [2.75, 3.05) is 18.4 Å². The Morgan fingerprint density at radius 2 is 1.87 bits per heavy atom. The molecule has 2 aromatic rings. The van der Waals surface area contributed by atoms with Crippen molar-refractivity contribution in [2.24, 2.45) is 0 Å². The van der Waals surface area contributed by atoms with Gasteiger partial charge in [-0.1, -0.05) is 18.2 Å². The number of piperidine rings is 1. The number of aromatic nitrogens is 1. The van der Waals surface area contributed by atoms with Crippen LogP contribution in [0.4, 0.5) is 15.0 Å². The van der Waals surface area contributed by atoms with E-state index in [2.05, 4.69) is 10.3 Å². The molecule has 23 heavy (non-hydrogen) atoms. The van der Waals surface area contributed by atoms with Crippen LogP contribution in [0.1, 0.15) is 29.9 Å². The van der Waals surface area contributed by atoms with Crippen molar-refractivity contribution in [1.82, 2.24) is 9.88 Å². The molecular weight excluding hydrogens is 293 g/mol. The predicted molar refractivity (Wildman–Crippen MR) is 87.9 cm³/mol. The van der Waals surface area contributed by atoms with Gasteiger partial charge in [0.2, 0.25) is 0 Å². The predicted octanol–water partition coefficient (Wildman–Crippen LogP) is 3.94. The molecule has 4 nitrogen and oxygen atoms in total. The van der Waals surface area contributed by atoms with Crippen molar-refractivity contribution >= 4 is 11.8 Å². The molecule has 0 atom stereocenters. The van der Waals surface area contributed by atoms with Gasteiger partial charge in [0.1, 0.15) is 11.6 Å². The lowest BCUT2D eigenvalue weighted by atomic mass is 9.89. The highest BCUT2D eigenvalue weighted by Crippen LogP contribution is 2.28. The molecule has 5 heteroatoms. The summed E-state index contributed by atoms with van der Waals surface area (Å²) in [6, 6.07) is 10.3. The van der Waals surface area contributed by atoms with Crippen molar-refractivity contribution in [3.63, 3.8) is 0 Å². The van der Waals surface area contributed by atoms with Crippen molar-refractivity contribution < 1.29 is 9.18 Å². The van der Waals surface area contributed by atoms with E-state index < -0.39 is 0 Å². The molecule has 0 radical (unpaired) electrons. The largest absolute Gasteiger partial charge is 0.324 e. The molecular formula is C18H20FN3O. The van der Waals surface area contributed by atoms with E-state index in [1.807, 2.05) is 30.0 Å². The lowest BCUT2D eigenvalue weighted by Crippen LogP contribution is -2.40. The van der Waals surface area contributed by atoms with Crippen molar-refractivity contribution in [3.8, 4) is 0 Å². The molecule has 1 N–H and O–H groups in total. The van der Waals surface area contributed by atoms with Crippen LogP contribution in [0.5, 0.6) is 0 Å². The highest BCUT2D eigenvalue weighted by molar-refractivity contribution is 5.88. The van der Waals surface area contributed by atoms with Gasteiger partial charge in [0.05, 0.1) is 0 Å². The molecule has 1 aromatic carbocycles. The molecule has 1 aliphatic heterocycles. The van der Waals surface area contributed by atoms with Gasteiger partial charge in [0, 0.05) is 19.3 Å². The minimum absolute atomic E-state index is 0.112. The number of amides is 2. The Morgan fingerprint density at radius 1 is 1.17 bits per heavy atom. The number of hydrogen-bond donors (Lipinski definition) is 1. The van der Waals surface area contributed by atoms with Gasteiger partial charge < -0.3 is 4.90 Å². The summed E-state index contributed by atoms with van der Waals surface area (Å²) in [6.45, 7) is 3.35. The molecule has 1 fully saturated rings. The fourth-order valence-corrected chi connectivity index (χ4v) is 2.88. The third-order valence-electron chi connectivity index (χ3n) is 4.27. The lowest BCUT2D eigenvalue weighted by Gasteiger charge is -2.32. The Bertz CT molecular complexity index is 662. The number of nitrogens with one attached hydrogen (secondary N) is 1. The first-order valence-electron chi connectivity index (χ1n) is 7.86. The molecule has 1 aromatic heterocycles. The molecule has 0 saturated carbocycles. The molecule has 0 aliphatic carbocycles. The van der Waals surface area contributed by atoms with Crippen LogP contribution in [0.15, 0.2) is 42.6 Å². The summed E-state index contributed by atoms with van der Waals surface area (Å²) in [5.41, 5.74) is 2.20. The maximum absolute atomic E-state index is 13.0. The summed E-state index contributed by atoms with van der Waals surface area (Å²) in [5.74, 6) is 0.745. The zero-order chi connectivity index (χ0) is 16.2. The molecule has 120 valence electrons. The molecule has 0 unspecified atom stereocenters. The summed E-state index contributed by atoms with van der Waals surface area (Å²) < 4.78 is 13.0. The zero-order valence-corrected chi connectivity index (χ0v) is 13.1. The van der Waals surface area contributed by atoms with E-state index in [4.69, 9.17) is 0 Å². The van der Waals surface area contributed by atoms with Gasteiger partial charge in [0.25, 0.3) is 0 Å². The van der Waals surface area contributed by atoms with Gasteiger partial charge in [-0.2, -0.15) is 0 Å². The first-order chi connectivity index (χ1) is 11.1. The topological polar surface area (TPSA) is 45.2 Å². The van der Waals surface area contributed by atoms with E-state index in [1.165, 1.54) is 12.1 Å². The van der Waals surface area contributed by atoms with E-state index in [0.29, 0.717) is 24.8 Å². The number of nitrogens with zero attached hydrogens (tertiary/aromatic N) is 2. The van der Waals surface area contributed by atoms with E-state index >= 15 is 0 Å². The Kier molecular flexibility index (Phi) is 4.55. The second-order valence-electron chi connectivity index (χ2n) is 5.96. The number of benzene rings is 1. The average molecular weight is 313 g/mol. The van der Waals surface area contributed by atoms with Gasteiger partial charge in [0.15, 0.2) is 0 Å². The first kappa shape index (κ1) is 15.5. The van der Waals surface area contributed by atoms with Gasteiger partial charge in [-0.3, -0.25) is 5.32 Å². The number of hydrogen-bond acceptors (Lipinski definition) is 2. The van der Waals surface area contributed by atoms with Crippen LogP contribution >= 0.6 is 0 Å². The van der Waals surface area contributed by atoms with Gasteiger partial charge in [-0.05, 0) is 55.0 Å². The zero-order valence-electron chi connectivity index (χ0n) is 13.1. The minimum atomic E-state index is -0.212. The van der Waals surface area contributed by atoms with E-state index in [-0.39, 0.29) is 11.8 Å². The minimum Gasteiger partial charge on any atom is -0.324 e. The van der Waals surface area contributed by atoms with Gasteiger partial charge in [-0.15, -0.1) is 0 Å². The molecule has 2 heterocycles.